The number of aromatic nitrogens is 2. The van der Waals surface area contributed by atoms with Crippen molar-refractivity contribution in [3.63, 3.8) is 0 Å². The van der Waals surface area contributed by atoms with E-state index in [4.69, 9.17) is 0 Å². The molecule has 0 bridgehead atoms. The molecule has 1 heterocycles. The number of unbranched alkanes of at least 4 members (excludes halogenated alkanes) is 6. The SMILES string of the molecule is CCCCCCCc1n(CCCCC)cc[n+]1CCC. The van der Waals surface area contributed by atoms with Crippen LogP contribution in [0, 0.1) is 0 Å². The maximum absolute atomic E-state index is 2.51. The second kappa shape index (κ2) is 10.9. The lowest BCUT2D eigenvalue weighted by Gasteiger charge is -2.05. The molecular formula is C18H35N2+. The van der Waals surface area contributed by atoms with E-state index in [1.165, 1.54) is 77.3 Å². The molecule has 0 saturated heterocycles. The lowest BCUT2D eigenvalue weighted by atomic mass is 10.1. The minimum atomic E-state index is 1.17. The molecule has 20 heavy (non-hydrogen) atoms. The molecule has 0 unspecified atom stereocenters. The number of rotatable bonds is 12. The Morgan fingerprint density at radius 2 is 1.55 bits per heavy atom. The molecule has 2 nitrogen and oxygen atoms in total. The summed E-state index contributed by atoms with van der Waals surface area (Å²) in [6.07, 6.45) is 17.9. The van der Waals surface area contributed by atoms with E-state index < -0.39 is 0 Å². The Hall–Kier alpha value is -0.790. The van der Waals surface area contributed by atoms with Crippen LogP contribution >= 0.6 is 0 Å². The van der Waals surface area contributed by atoms with Gasteiger partial charge in [-0.2, -0.15) is 0 Å². The predicted molar refractivity (Wildman–Crippen MR) is 86.9 cm³/mol. The largest absolute Gasteiger partial charge is 0.256 e. The summed E-state index contributed by atoms with van der Waals surface area (Å²) in [4.78, 5) is 0. The van der Waals surface area contributed by atoms with Gasteiger partial charge in [-0.1, -0.05) is 52.9 Å². The van der Waals surface area contributed by atoms with E-state index in [2.05, 4.69) is 42.3 Å². The molecule has 0 spiro atoms. The summed E-state index contributed by atoms with van der Waals surface area (Å²) in [6.45, 7) is 9.21. The first-order valence-corrected chi connectivity index (χ1v) is 8.90. The summed E-state index contributed by atoms with van der Waals surface area (Å²) in [7, 11) is 0. The molecule has 0 fully saturated rings. The van der Waals surface area contributed by atoms with Crippen LogP contribution in [0.5, 0.6) is 0 Å². The van der Waals surface area contributed by atoms with Gasteiger partial charge in [0.15, 0.2) is 0 Å². The van der Waals surface area contributed by atoms with Crippen molar-refractivity contribution in [1.82, 2.24) is 4.57 Å². The maximum Gasteiger partial charge on any atom is 0.256 e. The van der Waals surface area contributed by atoms with Crippen molar-refractivity contribution in [1.29, 1.82) is 0 Å². The summed E-state index contributed by atoms with van der Waals surface area (Å²) >= 11 is 0. The van der Waals surface area contributed by atoms with Gasteiger partial charge in [0.05, 0.1) is 13.1 Å². The third kappa shape index (κ3) is 6.11. The van der Waals surface area contributed by atoms with Gasteiger partial charge in [-0.05, 0) is 25.7 Å². The highest BCUT2D eigenvalue weighted by Crippen LogP contribution is 2.09. The highest BCUT2D eigenvalue weighted by Gasteiger charge is 2.15. The molecule has 0 atom stereocenters. The Morgan fingerprint density at radius 1 is 0.850 bits per heavy atom. The third-order valence-electron chi connectivity index (χ3n) is 4.06. The van der Waals surface area contributed by atoms with Gasteiger partial charge in [0.25, 0.3) is 5.82 Å². The summed E-state index contributed by atoms with van der Waals surface area (Å²) in [5.41, 5.74) is 0. The molecule has 1 aromatic rings. The molecule has 0 aliphatic carbocycles. The van der Waals surface area contributed by atoms with Crippen LogP contribution in [-0.4, -0.2) is 4.57 Å². The van der Waals surface area contributed by atoms with Crippen LogP contribution in [0.15, 0.2) is 12.4 Å². The van der Waals surface area contributed by atoms with Gasteiger partial charge < -0.3 is 0 Å². The van der Waals surface area contributed by atoms with Gasteiger partial charge in [0, 0.05) is 6.42 Å². The van der Waals surface area contributed by atoms with Gasteiger partial charge in [-0.3, -0.25) is 0 Å². The number of hydrogen-bond donors (Lipinski definition) is 0. The van der Waals surface area contributed by atoms with E-state index in [-0.39, 0.29) is 0 Å². The zero-order valence-corrected chi connectivity index (χ0v) is 14.0. The molecule has 0 radical (unpaired) electrons. The second-order valence-corrected chi connectivity index (χ2v) is 5.97. The van der Waals surface area contributed by atoms with Crippen LogP contribution in [0.2, 0.25) is 0 Å². The topological polar surface area (TPSA) is 8.81 Å². The monoisotopic (exact) mass is 279 g/mol. The van der Waals surface area contributed by atoms with Crippen molar-refractivity contribution < 1.29 is 4.57 Å². The fourth-order valence-corrected chi connectivity index (χ4v) is 2.85. The van der Waals surface area contributed by atoms with Crippen LogP contribution in [0.25, 0.3) is 0 Å². The van der Waals surface area contributed by atoms with Crippen LogP contribution in [0.1, 0.15) is 84.4 Å². The molecule has 0 amide bonds. The number of hydrogen-bond acceptors (Lipinski definition) is 0. The highest BCUT2D eigenvalue weighted by molar-refractivity contribution is 4.84. The first-order valence-electron chi connectivity index (χ1n) is 8.90. The number of aryl methyl sites for hydroxylation is 2. The molecule has 0 aliphatic rings. The molecule has 0 saturated carbocycles. The smallest absolute Gasteiger partial charge is 0.234 e. The normalized spacial score (nSPS) is 11.2. The average molecular weight is 279 g/mol. The lowest BCUT2D eigenvalue weighted by Crippen LogP contribution is -2.37. The molecule has 1 aromatic heterocycles. The van der Waals surface area contributed by atoms with Crippen molar-refractivity contribution in [3.8, 4) is 0 Å². The fourth-order valence-electron chi connectivity index (χ4n) is 2.85. The summed E-state index contributed by atoms with van der Waals surface area (Å²) in [5, 5.41) is 0. The third-order valence-corrected chi connectivity index (χ3v) is 4.06. The minimum absolute atomic E-state index is 1.17. The molecule has 116 valence electrons. The van der Waals surface area contributed by atoms with Crippen LogP contribution in [0.3, 0.4) is 0 Å². The van der Waals surface area contributed by atoms with Crippen LogP contribution < -0.4 is 4.57 Å². The van der Waals surface area contributed by atoms with Gasteiger partial charge in [0.2, 0.25) is 0 Å². The molecule has 0 aliphatic heterocycles. The van der Waals surface area contributed by atoms with E-state index in [1.54, 1.807) is 5.82 Å². The quantitative estimate of drug-likeness (QED) is 0.380. The highest BCUT2D eigenvalue weighted by atomic mass is 15.1. The first-order chi connectivity index (χ1) is 9.83. The van der Waals surface area contributed by atoms with Crippen LogP contribution in [-0.2, 0) is 19.5 Å². The van der Waals surface area contributed by atoms with Crippen LogP contribution in [0.4, 0.5) is 0 Å². The van der Waals surface area contributed by atoms with Crippen molar-refractivity contribution in [2.24, 2.45) is 0 Å². The van der Waals surface area contributed by atoms with Crippen molar-refractivity contribution in [3.05, 3.63) is 18.2 Å². The predicted octanol–water partition coefficient (Wildman–Crippen LogP) is 4.89. The van der Waals surface area contributed by atoms with Gasteiger partial charge in [0.1, 0.15) is 12.4 Å². The van der Waals surface area contributed by atoms with Crippen molar-refractivity contribution >= 4 is 0 Å². The van der Waals surface area contributed by atoms with Crippen molar-refractivity contribution in [2.75, 3.05) is 0 Å². The summed E-state index contributed by atoms with van der Waals surface area (Å²) in [6, 6.07) is 0. The van der Waals surface area contributed by atoms with E-state index >= 15 is 0 Å². The zero-order chi connectivity index (χ0) is 14.6. The Labute approximate surface area is 126 Å². The Bertz CT molecular complexity index is 341. The van der Waals surface area contributed by atoms with Gasteiger partial charge >= 0.3 is 0 Å². The standard InChI is InChI=1S/C18H35N2/c1-4-7-9-10-11-13-18-19(14-6-3)16-17-20(18)15-12-8-5-2/h16-17H,4-15H2,1-3H3/q+1. The van der Waals surface area contributed by atoms with E-state index in [1.807, 2.05) is 0 Å². The number of nitrogens with zero attached hydrogens (tertiary/aromatic N) is 2. The molecule has 2 heteroatoms. The Kier molecular flexibility index (Phi) is 9.44. The van der Waals surface area contributed by atoms with E-state index in [0.717, 1.165) is 0 Å². The Balaban J connectivity index is 2.51. The van der Waals surface area contributed by atoms with E-state index in [0.29, 0.717) is 0 Å². The molecule has 1 rings (SSSR count). The van der Waals surface area contributed by atoms with E-state index in [9.17, 15) is 0 Å². The first kappa shape index (κ1) is 17.3. The molecule has 0 aromatic carbocycles. The fraction of sp³-hybridized carbons (Fsp3) is 0.833. The minimum Gasteiger partial charge on any atom is -0.234 e. The van der Waals surface area contributed by atoms with Gasteiger partial charge in [-0.15, -0.1) is 0 Å². The summed E-state index contributed by atoms with van der Waals surface area (Å²) in [5.74, 6) is 1.56. The Morgan fingerprint density at radius 3 is 2.25 bits per heavy atom. The maximum atomic E-state index is 2.51. The lowest BCUT2D eigenvalue weighted by molar-refractivity contribution is -0.703. The second-order valence-electron chi connectivity index (χ2n) is 5.97. The zero-order valence-electron chi connectivity index (χ0n) is 14.0. The summed E-state index contributed by atoms with van der Waals surface area (Å²) < 4.78 is 4.98. The molecule has 0 N–H and O–H groups in total. The number of imidazole rings is 1. The average Bonchev–Trinajstić information content (AvgIpc) is 2.82. The van der Waals surface area contributed by atoms with Crippen molar-refractivity contribution in [2.45, 2.75) is 98.1 Å². The van der Waals surface area contributed by atoms with Gasteiger partial charge in [-0.25, -0.2) is 9.13 Å². The molecular weight excluding hydrogens is 244 g/mol.